The minimum atomic E-state index is 0.846. The first-order chi connectivity index (χ1) is 8.27. The number of rotatable bonds is 4. The standard InChI is InChI=1S/C14H23N3/c1-17(2)14-8-9-15-11-13(14)16-10-12-6-4-3-5-7-12/h8-9,11-12,16H,3-7,10H2,1-2H3. The minimum Gasteiger partial charge on any atom is -0.382 e. The van der Waals surface area contributed by atoms with E-state index in [-0.39, 0.29) is 0 Å². The molecular weight excluding hydrogens is 210 g/mol. The van der Waals surface area contributed by atoms with E-state index in [0.29, 0.717) is 0 Å². The molecule has 94 valence electrons. The molecule has 0 atom stereocenters. The van der Waals surface area contributed by atoms with Crippen molar-refractivity contribution in [1.82, 2.24) is 4.98 Å². The second-order valence-corrected chi connectivity index (χ2v) is 5.17. The first-order valence-electron chi connectivity index (χ1n) is 6.62. The predicted octanol–water partition coefficient (Wildman–Crippen LogP) is 3.14. The molecule has 0 radical (unpaired) electrons. The molecule has 3 nitrogen and oxygen atoms in total. The number of nitrogens with one attached hydrogen (secondary N) is 1. The quantitative estimate of drug-likeness (QED) is 0.866. The van der Waals surface area contributed by atoms with Gasteiger partial charge >= 0.3 is 0 Å². The van der Waals surface area contributed by atoms with Gasteiger partial charge in [0.15, 0.2) is 0 Å². The zero-order valence-electron chi connectivity index (χ0n) is 10.9. The topological polar surface area (TPSA) is 28.2 Å². The molecule has 1 saturated carbocycles. The van der Waals surface area contributed by atoms with Gasteiger partial charge in [0.1, 0.15) is 0 Å². The molecule has 1 aromatic heterocycles. The lowest BCUT2D eigenvalue weighted by Gasteiger charge is -2.24. The summed E-state index contributed by atoms with van der Waals surface area (Å²) in [5.74, 6) is 0.846. The first kappa shape index (κ1) is 12.2. The fourth-order valence-electron chi connectivity index (χ4n) is 2.56. The summed E-state index contributed by atoms with van der Waals surface area (Å²) < 4.78 is 0. The van der Waals surface area contributed by atoms with Crippen molar-refractivity contribution in [2.75, 3.05) is 30.9 Å². The Kier molecular flexibility index (Phi) is 4.24. The number of hydrogen-bond acceptors (Lipinski definition) is 3. The summed E-state index contributed by atoms with van der Waals surface area (Å²) in [6.45, 7) is 1.09. The third-order valence-corrected chi connectivity index (χ3v) is 3.59. The molecule has 0 amide bonds. The van der Waals surface area contributed by atoms with Crippen LogP contribution in [0.4, 0.5) is 11.4 Å². The van der Waals surface area contributed by atoms with Crippen molar-refractivity contribution in [3.05, 3.63) is 18.5 Å². The number of hydrogen-bond donors (Lipinski definition) is 1. The highest BCUT2D eigenvalue weighted by Gasteiger charge is 2.13. The fourth-order valence-corrected chi connectivity index (χ4v) is 2.56. The van der Waals surface area contributed by atoms with Crippen molar-refractivity contribution in [2.45, 2.75) is 32.1 Å². The maximum absolute atomic E-state index is 4.20. The van der Waals surface area contributed by atoms with E-state index in [9.17, 15) is 0 Å². The van der Waals surface area contributed by atoms with Crippen molar-refractivity contribution in [1.29, 1.82) is 0 Å². The number of aromatic nitrogens is 1. The lowest BCUT2D eigenvalue weighted by Crippen LogP contribution is -2.19. The Balaban J connectivity index is 1.93. The van der Waals surface area contributed by atoms with Crippen molar-refractivity contribution in [3.8, 4) is 0 Å². The molecule has 1 aliphatic rings. The number of pyridine rings is 1. The number of anilines is 2. The van der Waals surface area contributed by atoms with Crippen molar-refractivity contribution < 1.29 is 0 Å². The van der Waals surface area contributed by atoms with Gasteiger partial charge in [0.05, 0.1) is 17.6 Å². The summed E-state index contributed by atoms with van der Waals surface area (Å²) in [6.07, 6.45) is 10.8. The zero-order chi connectivity index (χ0) is 12.1. The lowest BCUT2D eigenvalue weighted by molar-refractivity contribution is 0.373. The van der Waals surface area contributed by atoms with Crippen molar-refractivity contribution in [2.24, 2.45) is 5.92 Å². The summed E-state index contributed by atoms with van der Waals surface area (Å²) >= 11 is 0. The Morgan fingerprint density at radius 3 is 2.76 bits per heavy atom. The maximum Gasteiger partial charge on any atom is 0.0764 e. The molecule has 0 spiro atoms. The van der Waals surface area contributed by atoms with Gasteiger partial charge in [-0.25, -0.2) is 0 Å². The molecule has 1 N–H and O–H groups in total. The molecular formula is C14H23N3. The summed E-state index contributed by atoms with van der Waals surface area (Å²) in [7, 11) is 4.14. The average Bonchev–Trinajstić information content (AvgIpc) is 2.38. The third-order valence-electron chi connectivity index (χ3n) is 3.59. The van der Waals surface area contributed by atoms with Gasteiger partial charge in [0, 0.05) is 26.8 Å². The molecule has 17 heavy (non-hydrogen) atoms. The lowest BCUT2D eigenvalue weighted by atomic mass is 9.89. The van der Waals surface area contributed by atoms with Gasteiger partial charge in [-0.1, -0.05) is 19.3 Å². The third kappa shape index (κ3) is 3.35. The number of nitrogens with zero attached hydrogens (tertiary/aromatic N) is 2. The summed E-state index contributed by atoms with van der Waals surface area (Å²) in [6, 6.07) is 2.06. The van der Waals surface area contributed by atoms with Gasteiger partial charge in [-0.05, 0) is 24.8 Å². The molecule has 1 aromatic rings. The van der Waals surface area contributed by atoms with Crippen LogP contribution in [0.25, 0.3) is 0 Å². The smallest absolute Gasteiger partial charge is 0.0764 e. The van der Waals surface area contributed by atoms with Gasteiger partial charge < -0.3 is 10.2 Å². The first-order valence-corrected chi connectivity index (χ1v) is 6.62. The van der Waals surface area contributed by atoms with E-state index in [2.05, 4.69) is 35.4 Å². The van der Waals surface area contributed by atoms with E-state index < -0.39 is 0 Å². The van der Waals surface area contributed by atoms with Crippen LogP contribution in [0.2, 0.25) is 0 Å². The van der Waals surface area contributed by atoms with Gasteiger partial charge in [-0.15, -0.1) is 0 Å². The minimum absolute atomic E-state index is 0.846. The molecule has 0 saturated heterocycles. The molecule has 1 aliphatic carbocycles. The van der Waals surface area contributed by atoms with E-state index in [1.54, 1.807) is 0 Å². The van der Waals surface area contributed by atoms with E-state index in [1.807, 2.05) is 12.4 Å². The van der Waals surface area contributed by atoms with Crippen LogP contribution in [0, 0.1) is 5.92 Å². The predicted molar refractivity (Wildman–Crippen MR) is 73.6 cm³/mol. The normalized spacial score (nSPS) is 16.8. The van der Waals surface area contributed by atoms with Crippen molar-refractivity contribution in [3.63, 3.8) is 0 Å². The van der Waals surface area contributed by atoms with Gasteiger partial charge in [0.25, 0.3) is 0 Å². The summed E-state index contributed by atoms with van der Waals surface area (Å²) in [4.78, 5) is 6.33. The van der Waals surface area contributed by atoms with Crippen LogP contribution < -0.4 is 10.2 Å². The highest BCUT2D eigenvalue weighted by atomic mass is 15.1. The van der Waals surface area contributed by atoms with Crippen LogP contribution in [-0.2, 0) is 0 Å². The van der Waals surface area contributed by atoms with E-state index >= 15 is 0 Å². The largest absolute Gasteiger partial charge is 0.382 e. The van der Waals surface area contributed by atoms with Gasteiger partial charge in [-0.2, -0.15) is 0 Å². The van der Waals surface area contributed by atoms with Gasteiger partial charge in [-0.3, -0.25) is 4.98 Å². The summed E-state index contributed by atoms with van der Waals surface area (Å²) in [5, 5.41) is 3.56. The highest BCUT2D eigenvalue weighted by molar-refractivity contribution is 5.68. The fraction of sp³-hybridized carbons (Fsp3) is 0.643. The highest BCUT2D eigenvalue weighted by Crippen LogP contribution is 2.26. The second kappa shape index (κ2) is 5.89. The molecule has 1 fully saturated rings. The van der Waals surface area contributed by atoms with E-state index in [0.717, 1.165) is 18.2 Å². The molecule has 0 aliphatic heterocycles. The second-order valence-electron chi connectivity index (χ2n) is 5.17. The average molecular weight is 233 g/mol. The Hall–Kier alpha value is -1.25. The molecule has 2 rings (SSSR count). The molecule has 3 heteroatoms. The Morgan fingerprint density at radius 2 is 2.06 bits per heavy atom. The zero-order valence-corrected chi connectivity index (χ0v) is 10.9. The Morgan fingerprint density at radius 1 is 1.29 bits per heavy atom. The van der Waals surface area contributed by atoms with E-state index in [1.165, 1.54) is 37.8 Å². The van der Waals surface area contributed by atoms with Crippen molar-refractivity contribution >= 4 is 11.4 Å². The van der Waals surface area contributed by atoms with Crippen LogP contribution in [0.15, 0.2) is 18.5 Å². The van der Waals surface area contributed by atoms with Crippen LogP contribution in [0.1, 0.15) is 32.1 Å². The maximum atomic E-state index is 4.20. The SMILES string of the molecule is CN(C)c1ccncc1NCC1CCCCC1. The molecule has 1 heterocycles. The monoisotopic (exact) mass is 233 g/mol. The molecule has 0 aromatic carbocycles. The van der Waals surface area contributed by atoms with Crippen LogP contribution in [-0.4, -0.2) is 25.6 Å². The van der Waals surface area contributed by atoms with Crippen LogP contribution >= 0.6 is 0 Å². The molecule has 0 unspecified atom stereocenters. The van der Waals surface area contributed by atoms with Crippen LogP contribution in [0.3, 0.4) is 0 Å². The summed E-state index contributed by atoms with van der Waals surface area (Å²) in [5.41, 5.74) is 2.37. The van der Waals surface area contributed by atoms with Gasteiger partial charge in [0.2, 0.25) is 0 Å². The van der Waals surface area contributed by atoms with E-state index in [4.69, 9.17) is 0 Å². The van der Waals surface area contributed by atoms with Crippen LogP contribution in [0.5, 0.6) is 0 Å². The Labute approximate surface area is 104 Å². The Bertz CT molecular complexity index is 343. The molecule has 0 bridgehead atoms.